The zero-order valence-corrected chi connectivity index (χ0v) is 17.8. The number of hydrogen-bond donors (Lipinski definition) is 1. The van der Waals surface area contributed by atoms with E-state index in [4.69, 9.17) is 4.74 Å². The minimum absolute atomic E-state index is 0.222. The Hall–Kier alpha value is -1.92. The summed E-state index contributed by atoms with van der Waals surface area (Å²) in [4.78, 5) is 27.0. The summed E-state index contributed by atoms with van der Waals surface area (Å²) < 4.78 is 5.00. The van der Waals surface area contributed by atoms with E-state index in [1.54, 1.807) is 17.4 Å². The fourth-order valence-electron chi connectivity index (χ4n) is 3.43. The Kier molecular flexibility index (Phi) is 5.86. The van der Waals surface area contributed by atoms with Gasteiger partial charge in [0.05, 0.1) is 12.7 Å². The van der Waals surface area contributed by atoms with Crippen LogP contribution in [0.25, 0.3) is 6.08 Å². The Balaban J connectivity index is 1.85. The molecule has 0 bridgehead atoms. The molecule has 1 unspecified atom stereocenters. The number of fused-ring (bicyclic) bond motifs is 1. The van der Waals surface area contributed by atoms with Gasteiger partial charge in [-0.15, -0.1) is 22.7 Å². The second-order valence-electron chi connectivity index (χ2n) is 7.84. The molecule has 0 spiro atoms. The number of amides is 1. The highest BCUT2D eigenvalue weighted by atomic mass is 32.1. The van der Waals surface area contributed by atoms with E-state index in [1.807, 2.05) is 17.5 Å². The number of esters is 1. The number of carbonyl (C=O) groups excluding carboxylic acids is 2. The van der Waals surface area contributed by atoms with Crippen molar-refractivity contribution in [2.75, 3.05) is 12.4 Å². The van der Waals surface area contributed by atoms with Gasteiger partial charge in [0.2, 0.25) is 5.91 Å². The summed E-state index contributed by atoms with van der Waals surface area (Å²) in [7, 11) is 1.38. The summed E-state index contributed by atoms with van der Waals surface area (Å²) in [6.07, 6.45) is 6.11. The van der Waals surface area contributed by atoms with Gasteiger partial charge in [0, 0.05) is 15.8 Å². The van der Waals surface area contributed by atoms with Gasteiger partial charge >= 0.3 is 5.97 Å². The molecule has 0 fully saturated rings. The van der Waals surface area contributed by atoms with Gasteiger partial charge in [0.25, 0.3) is 0 Å². The lowest BCUT2D eigenvalue weighted by atomic mass is 9.72. The lowest BCUT2D eigenvalue weighted by Gasteiger charge is -2.33. The van der Waals surface area contributed by atoms with Gasteiger partial charge in [-0.05, 0) is 53.7 Å². The minimum atomic E-state index is -0.376. The van der Waals surface area contributed by atoms with Crippen LogP contribution in [0.3, 0.4) is 0 Å². The maximum Gasteiger partial charge on any atom is 0.341 e. The maximum absolute atomic E-state index is 12.4. The fourth-order valence-corrected chi connectivity index (χ4v) is 5.37. The van der Waals surface area contributed by atoms with Gasteiger partial charge in [0.1, 0.15) is 5.00 Å². The summed E-state index contributed by atoms with van der Waals surface area (Å²) in [6.45, 7) is 6.78. The van der Waals surface area contributed by atoms with Crippen LogP contribution in [0, 0.1) is 11.3 Å². The van der Waals surface area contributed by atoms with Gasteiger partial charge in [-0.3, -0.25) is 4.79 Å². The van der Waals surface area contributed by atoms with E-state index in [2.05, 4.69) is 26.1 Å². The number of nitrogens with one attached hydrogen (secondary N) is 1. The number of rotatable bonds is 4. The van der Waals surface area contributed by atoms with E-state index < -0.39 is 0 Å². The normalized spacial score (nSPS) is 17.0. The van der Waals surface area contributed by atoms with Crippen LogP contribution in [0.2, 0.25) is 0 Å². The van der Waals surface area contributed by atoms with Crippen molar-refractivity contribution in [3.8, 4) is 0 Å². The van der Waals surface area contributed by atoms with Crippen LogP contribution in [0.15, 0.2) is 23.6 Å². The molecule has 0 aliphatic heterocycles. The Morgan fingerprint density at radius 2 is 2.11 bits per heavy atom. The molecule has 2 aromatic rings. The van der Waals surface area contributed by atoms with E-state index in [-0.39, 0.29) is 17.3 Å². The van der Waals surface area contributed by atoms with Crippen molar-refractivity contribution in [1.82, 2.24) is 0 Å². The third kappa shape index (κ3) is 4.50. The van der Waals surface area contributed by atoms with Crippen LogP contribution in [-0.2, 0) is 22.4 Å². The summed E-state index contributed by atoms with van der Waals surface area (Å²) in [5, 5.41) is 5.46. The van der Waals surface area contributed by atoms with Crippen molar-refractivity contribution in [2.24, 2.45) is 11.3 Å². The summed E-state index contributed by atoms with van der Waals surface area (Å²) in [5.41, 5.74) is 1.80. The first-order valence-electron chi connectivity index (χ1n) is 9.05. The topological polar surface area (TPSA) is 55.4 Å². The number of methoxy groups -OCH3 is 1. The van der Waals surface area contributed by atoms with Gasteiger partial charge in [0.15, 0.2) is 0 Å². The minimum Gasteiger partial charge on any atom is -0.465 e. The fraction of sp³-hybridized carbons (Fsp3) is 0.429. The molecular formula is C21H25NO3S2. The van der Waals surface area contributed by atoms with Crippen LogP contribution in [0.5, 0.6) is 0 Å². The molecule has 0 saturated carbocycles. The zero-order valence-electron chi connectivity index (χ0n) is 16.1. The van der Waals surface area contributed by atoms with Gasteiger partial charge in [-0.1, -0.05) is 26.8 Å². The molecule has 2 aromatic heterocycles. The molecule has 6 heteroatoms. The second-order valence-corrected chi connectivity index (χ2v) is 9.93. The van der Waals surface area contributed by atoms with Crippen LogP contribution in [0.1, 0.15) is 52.9 Å². The largest absolute Gasteiger partial charge is 0.465 e. The van der Waals surface area contributed by atoms with Crippen molar-refractivity contribution in [3.05, 3.63) is 44.5 Å². The van der Waals surface area contributed by atoms with E-state index in [9.17, 15) is 9.59 Å². The lowest BCUT2D eigenvalue weighted by molar-refractivity contribution is -0.111. The third-order valence-corrected chi connectivity index (χ3v) is 7.07. The predicted octanol–water partition coefficient (Wildman–Crippen LogP) is 5.40. The molecule has 27 heavy (non-hydrogen) atoms. The highest BCUT2D eigenvalue weighted by molar-refractivity contribution is 7.17. The van der Waals surface area contributed by atoms with Crippen LogP contribution < -0.4 is 5.32 Å². The average molecular weight is 404 g/mol. The molecular weight excluding hydrogens is 378 g/mol. The second kappa shape index (κ2) is 7.98. The SMILES string of the molecule is COC(=O)c1c(NC(=O)C=Cc2cccs2)sc2c1CCC(C(C)(C)C)C2. The van der Waals surface area contributed by atoms with Crippen LogP contribution in [-0.4, -0.2) is 19.0 Å². The Bertz CT molecular complexity index is 857. The molecule has 1 atom stereocenters. The first kappa shape index (κ1) is 19.8. The third-order valence-electron chi connectivity index (χ3n) is 5.06. The molecule has 0 radical (unpaired) electrons. The maximum atomic E-state index is 12.4. The smallest absolute Gasteiger partial charge is 0.341 e. The number of anilines is 1. The molecule has 1 aliphatic rings. The van der Waals surface area contributed by atoms with Crippen molar-refractivity contribution in [3.63, 3.8) is 0 Å². The molecule has 1 aliphatic carbocycles. The zero-order chi connectivity index (χ0) is 19.6. The molecule has 1 amide bonds. The number of ether oxygens (including phenoxy) is 1. The van der Waals surface area contributed by atoms with Gasteiger partial charge in [-0.2, -0.15) is 0 Å². The van der Waals surface area contributed by atoms with E-state index in [0.717, 1.165) is 29.7 Å². The van der Waals surface area contributed by atoms with E-state index >= 15 is 0 Å². The number of hydrogen-bond acceptors (Lipinski definition) is 5. The molecule has 0 saturated heterocycles. The first-order valence-corrected chi connectivity index (χ1v) is 10.7. The van der Waals surface area contributed by atoms with Gasteiger partial charge in [-0.25, -0.2) is 4.79 Å². The molecule has 0 aromatic carbocycles. The number of carbonyl (C=O) groups is 2. The molecule has 144 valence electrons. The van der Waals surface area contributed by atoms with Crippen molar-refractivity contribution in [1.29, 1.82) is 0 Å². The molecule has 4 nitrogen and oxygen atoms in total. The van der Waals surface area contributed by atoms with E-state index in [0.29, 0.717) is 16.5 Å². The quantitative estimate of drug-likeness (QED) is 0.549. The Morgan fingerprint density at radius 3 is 2.74 bits per heavy atom. The average Bonchev–Trinajstić information content (AvgIpc) is 3.25. The Labute approximate surface area is 168 Å². The van der Waals surface area contributed by atoms with Crippen molar-refractivity contribution < 1.29 is 14.3 Å². The predicted molar refractivity (Wildman–Crippen MR) is 113 cm³/mol. The first-order chi connectivity index (χ1) is 12.8. The highest BCUT2D eigenvalue weighted by Crippen LogP contribution is 2.44. The monoisotopic (exact) mass is 403 g/mol. The van der Waals surface area contributed by atoms with Crippen molar-refractivity contribution in [2.45, 2.75) is 40.0 Å². The van der Waals surface area contributed by atoms with Crippen LogP contribution in [0.4, 0.5) is 5.00 Å². The summed E-state index contributed by atoms with van der Waals surface area (Å²) in [6, 6.07) is 3.89. The lowest BCUT2D eigenvalue weighted by Crippen LogP contribution is -2.26. The van der Waals surface area contributed by atoms with Gasteiger partial charge < -0.3 is 10.1 Å². The number of thiophene rings is 2. The van der Waals surface area contributed by atoms with Crippen molar-refractivity contribution >= 4 is 45.6 Å². The Morgan fingerprint density at radius 1 is 1.33 bits per heavy atom. The summed E-state index contributed by atoms with van der Waals surface area (Å²) >= 11 is 3.08. The molecule has 1 N–H and O–H groups in total. The van der Waals surface area contributed by atoms with E-state index in [1.165, 1.54) is 29.4 Å². The molecule has 2 heterocycles. The summed E-state index contributed by atoms with van der Waals surface area (Å²) in [5.74, 6) is -0.0461. The standard InChI is InChI=1S/C21H25NO3S2/c1-21(2,3)13-7-9-15-16(12-13)27-19(18(15)20(24)25-4)22-17(23)10-8-14-6-5-11-26-14/h5-6,8,10-11,13H,7,9,12H2,1-4H3,(H,22,23). The molecule has 3 rings (SSSR count). The van der Waals surface area contributed by atoms with Crippen LogP contribution >= 0.6 is 22.7 Å². The highest BCUT2D eigenvalue weighted by Gasteiger charge is 2.34.